The fourth-order valence-electron chi connectivity index (χ4n) is 1.59. The smallest absolute Gasteiger partial charge is 0.400 e. The summed E-state index contributed by atoms with van der Waals surface area (Å²) in [5.74, 6) is 1.96. The Bertz CT molecular complexity index is 253. The van der Waals surface area contributed by atoms with E-state index in [1.54, 1.807) is 0 Å². The van der Waals surface area contributed by atoms with Crippen LogP contribution in [0.5, 0.6) is 0 Å². The normalized spacial score (nSPS) is 33.3. The Morgan fingerprint density at radius 3 is 2.07 bits per heavy atom. The molecule has 2 fully saturated rings. The van der Waals surface area contributed by atoms with E-state index in [0.717, 1.165) is 13.0 Å². The fourth-order valence-corrected chi connectivity index (χ4v) is 1.59. The van der Waals surface area contributed by atoms with Crippen LogP contribution in [0.3, 0.4) is 0 Å². The summed E-state index contributed by atoms with van der Waals surface area (Å²) in [6.45, 7) is 9.10. The molecular weight excluding hydrogens is 191 g/mol. The van der Waals surface area contributed by atoms with Gasteiger partial charge in [-0.2, -0.15) is 0 Å². The van der Waals surface area contributed by atoms with Gasteiger partial charge in [-0.25, -0.2) is 0 Å². The Balaban J connectivity index is 1.93. The van der Waals surface area contributed by atoms with Crippen molar-refractivity contribution in [2.45, 2.75) is 51.4 Å². The third-order valence-electron chi connectivity index (χ3n) is 3.49. The average Bonchev–Trinajstić information content (AvgIpc) is 2.17. The molecule has 2 aliphatic heterocycles. The molecule has 0 radical (unpaired) electrons. The van der Waals surface area contributed by atoms with Gasteiger partial charge in [-0.1, -0.05) is 12.1 Å². The Kier molecular flexibility index (Phi) is 2.69. The molecule has 0 aromatic carbocycles. The largest absolute Gasteiger partial charge is 0.486 e. The van der Waals surface area contributed by atoms with E-state index < -0.39 is 0 Å². The molecule has 0 aromatic heterocycles. The topological polar surface area (TPSA) is 27.7 Å². The Morgan fingerprint density at radius 1 is 1.13 bits per heavy atom. The summed E-state index contributed by atoms with van der Waals surface area (Å²) in [4.78, 5) is 0. The zero-order valence-corrected chi connectivity index (χ0v) is 9.95. The van der Waals surface area contributed by atoms with E-state index in [1.165, 1.54) is 0 Å². The standard InChI is InChI=1S/C11H19BO3/c1-10(2)11(3,4)15-12(14-10)7-5-9-6-8-13-9/h5,7,9H,6,8H2,1-4H3/b7-5+. The fraction of sp³-hybridized carbons (Fsp3) is 0.818. The van der Waals surface area contributed by atoms with E-state index in [0.29, 0.717) is 0 Å². The lowest BCUT2D eigenvalue weighted by Gasteiger charge is -2.32. The molecule has 0 N–H and O–H groups in total. The van der Waals surface area contributed by atoms with Crippen molar-refractivity contribution < 1.29 is 14.0 Å². The van der Waals surface area contributed by atoms with Crippen LogP contribution in [-0.4, -0.2) is 31.0 Å². The minimum absolute atomic E-state index is 0.237. The van der Waals surface area contributed by atoms with E-state index in [-0.39, 0.29) is 24.4 Å². The first-order valence-electron chi connectivity index (χ1n) is 5.56. The van der Waals surface area contributed by atoms with Crippen LogP contribution >= 0.6 is 0 Å². The molecule has 2 aliphatic rings. The maximum atomic E-state index is 5.82. The van der Waals surface area contributed by atoms with Crippen LogP contribution in [0.1, 0.15) is 34.1 Å². The molecule has 2 rings (SSSR count). The molecule has 3 nitrogen and oxygen atoms in total. The summed E-state index contributed by atoms with van der Waals surface area (Å²) in [5, 5.41) is 0. The lowest BCUT2D eigenvalue weighted by Crippen LogP contribution is -2.41. The van der Waals surface area contributed by atoms with Crippen LogP contribution in [0.25, 0.3) is 0 Å². The second-order valence-electron chi connectivity index (χ2n) is 5.21. The first kappa shape index (κ1) is 11.2. The zero-order valence-electron chi connectivity index (χ0n) is 9.95. The molecule has 0 amide bonds. The SMILES string of the molecule is CC1(C)OB(/C=C/C2CCO2)OC1(C)C. The van der Waals surface area contributed by atoms with Crippen LogP contribution in [0.4, 0.5) is 0 Å². The maximum Gasteiger partial charge on any atom is 0.486 e. The Hall–Kier alpha value is -0.315. The Morgan fingerprint density at radius 2 is 1.67 bits per heavy atom. The quantitative estimate of drug-likeness (QED) is 0.652. The Labute approximate surface area is 91.9 Å². The third kappa shape index (κ3) is 2.12. The zero-order chi connectivity index (χ0) is 11.1. The van der Waals surface area contributed by atoms with Crippen molar-refractivity contribution >= 4 is 7.12 Å². The molecule has 2 heterocycles. The van der Waals surface area contributed by atoms with Gasteiger partial charge in [-0.05, 0) is 27.7 Å². The highest BCUT2D eigenvalue weighted by molar-refractivity contribution is 6.51. The predicted molar refractivity (Wildman–Crippen MR) is 59.6 cm³/mol. The summed E-state index contributed by atoms with van der Waals surface area (Å²) in [6.07, 6.45) is 3.41. The van der Waals surface area contributed by atoms with Crippen molar-refractivity contribution in [1.29, 1.82) is 0 Å². The minimum atomic E-state index is -0.248. The highest BCUT2D eigenvalue weighted by atomic mass is 16.7. The molecule has 0 bridgehead atoms. The predicted octanol–water partition coefficient (Wildman–Crippen LogP) is 1.96. The van der Waals surface area contributed by atoms with Gasteiger partial charge in [0.1, 0.15) is 0 Å². The summed E-state index contributed by atoms with van der Waals surface area (Å²) in [7, 11) is -0.237. The molecular formula is C11H19BO3. The molecule has 1 atom stereocenters. The van der Waals surface area contributed by atoms with Crippen molar-refractivity contribution in [2.75, 3.05) is 6.61 Å². The first-order valence-corrected chi connectivity index (χ1v) is 5.56. The van der Waals surface area contributed by atoms with Gasteiger partial charge in [0.15, 0.2) is 0 Å². The van der Waals surface area contributed by atoms with Gasteiger partial charge < -0.3 is 14.0 Å². The van der Waals surface area contributed by atoms with Crippen LogP contribution < -0.4 is 0 Å². The molecule has 4 heteroatoms. The second-order valence-corrected chi connectivity index (χ2v) is 5.21. The van der Waals surface area contributed by atoms with Gasteiger partial charge in [0, 0.05) is 6.42 Å². The summed E-state index contributed by atoms with van der Waals surface area (Å²) >= 11 is 0. The monoisotopic (exact) mass is 210 g/mol. The second kappa shape index (κ2) is 3.61. The van der Waals surface area contributed by atoms with E-state index in [4.69, 9.17) is 14.0 Å². The maximum absolute atomic E-state index is 5.82. The van der Waals surface area contributed by atoms with Gasteiger partial charge >= 0.3 is 7.12 Å². The van der Waals surface area contributed by atoms with Crippen molar-refractivity contribution in [3.05, 3.63) is 12.1 Å². The van der Waals surface area contributed by atoms with Crippen LogP contribution in [0.2, 0.25) is 0 Å². The highest BCUT2D eigenvalue weighted by Gasteiger charge is 2.50. The van der Waals surface area contributed by atoms with E-state index >= 15 is 0 Å². The average molecular weight is 210 g/mol. The van der Waals surface area contributed by atoms with Crippen LogP contribution in [-0.2, 0) is 14.0 Å². The first-order chi connectivity index (χ1) is 6.91. The number of hydrogen-bond acceptors (Lipinski definition) is 3. The van der Waals surface area contributed by atoms with Crippen LogP contribution in [0.15, 0.2) is 12.1 Å². The molecule has 0 spiro atoms. The lowest BCUT2D eigenvalue weighted by molar-refractivity contribution is -0.0185. The van der Waals surface area contributed by atoms with E-state index in [9.17, 15) is 0 Å². The van der Waals surface area contributed by atoms with Crippen molar-refractivity contribution in [3.63, 3.8) is 0 Å². The highest BCUT2D eigenvalue weighted by Crippen LogP contribution is 2.36. The minimum Gasteiger partial charge on any atom is -0.400 e. The molecule has 1 unspecified atom stereocenters. The van der Waals surface area contributed by atoms with Gasteiger partial charge in [0.05, 0.1) is 23.9 Å². The molecule has 0 aliphatic carbocycles. The van der Waals surface area contributed by atoms with Gasteiger partial charge in [0.2, 0.25) is 0 Å². The van der Waals surface area contributed by atoms with Gasteiger partial charge in [0.25, 0.3) is 0 Å². The van der Waals surface area contributed by atoms with Crippen LogP contribution in [0, 0.1) is 0 Å². The van der Waals surface area contributed by atoms with Crippen molar-refractivity contribution in [1.82, 2.24) is 0 Å². The number of rotatable bonds is 2. The molecule has 15 heavy (non-hydrogen) atoms. The van der Waals surface area contributed by atoms with E-state index in [2.05, 4.69) is 27.7 Å². The van der Waals surface area contributed by atoms with Gasteiger partial charge in [-0.15, -0.1) is 0 Å². The molecule has 0 aromatic rings. The van der Waals surface area contributed by atoms with E-state index in [1.807, 2.05) is 12.1 Å². The summed E-state index contributed by atoms with van der Waals surface area (Å²) < 4.78 is 16.9. The van der Waals surface area contributed by atoms with Gasteiger partial charge in [-0.3, -0.25) is 0 Å². The number of ether oxygens (including phenoxy) is 1. The third-order valence-corrected chi connectivity index (χ3v) is 3.49. The molecule has 84 valence electrons. The van der Waals surface area contributed by atoms with Crippen molar-refractivity contribution in [3.8, 4) is 0 Å². The van der Waals surface area contributed by atoms with Crippen molar-refractivity contribution in [2.24, 2.45) is 0 Å². The summed E-state index contributed by atoms with van der Waals surface area (Å²) in [6, 6.07) is 0. The molecule has 0 saturated carbocycles. The number of hydrogen-bond donors (Lipinski definition) is 0. The lowest BCUT2D eigenvalue weighted by atomic mass is 9.89. The molecule has 2 saturated heterocycles. The summed E-state index contributed by atoms with van der Waals surface area (Å²) in [5.41, 5.74) is -0.495.